The minimum atomic E-state index is -0.348. The van der Waals surface area contributed by atoms with Gasteiger partial charge in [-0.15, -0.1) is 0 Å². The zero-order chi connectivity index (χ0) is 17.6. The van der Waals surface area contributed by atoms with E-state index in [1.54, 1.807) is 18.3 Å². The third-order valence-electron chi connectivity index (χ3n) is 3.49. The number of hydrogen-bond donors (Lipinski definition) is 2. The van der Waals surface area contributed by atoms with Crippen LogP contribution < -0.4 is 10.1 Å². The normalized spacial score (nSPS) is 10.2. The predicted octanol–water partition coefficient (Wildman–Crippen LogP) is 1.97. The van der Waals surface area contributed by atoms with Gasteiger partial charge in [0.25, 0.3) is 5.91 Å². The molecule has 126 valence electrons. The van der Waals surface area contributed by atoms with Gasteiger partial charge in [0.05, 0.1) is 5.39 Å². The molecule has 7 heteroatoms. The molecule has 0 fully saturated rings. The Balaban J connectivity index is 1.83. The molecule has 1 aromatic carbocycles. The Bertz CT molecular complexity index is 972. The zero-order valence-electron chi connectivity index (χ0n) is 13.5. The smallest absolute Gasteiger partial charge is 0.295 e. The summed E-state index contributed by atoms with van der Waals surface area (Å²) < 4.78 is 19.0. The summed E-state index contributed by atoms with van der Waals surface area (Å²) in [5.74, 6) is 4.99. The average molecular weight is 338 g/mol. The number of nitrogens with zero attached hydrogens (tertiary/aromatic N) is 2. The number of carbonyl (C=O) groups is 1. The van der Waals surface area contributed by atoms with Gasteiger partial charge in [0.2, 0.25) is 5.88 Å². The number of benzene rings is 1. The van der Waals surface area contributed by atoms with Crippen molar-refractivity contribution in [3.05, 3.63) is 53.7 Å². The van der Waals surface area contributed by atoms with Crippen molar-refractivity contribution in [1.82, 2.24) is 20.3 Å². The fourth-order valence-corrected chi connectivity index (χ4v) is 2.31. The third-order valence-corrected chi connectivity index (χ3v) is 3.49. The van der Waals surface area contributed by atoms with Crippen LogP contribution in [0.5, 0.6) is 5.88 Å². The largest absolute Gasteiger partial charge is 0.472 e. The number of nitrogens with one attached hydrogen (secondary N) is 2. The molecule has 0 saturated heterocycles. The van der Waals surface area contributed by atoms with E-state index in [1.165, 1.54) is 25.5 Å². The van der Waals surface area contributed by atoms with E-state index >= 15 is 0 Å². The van der Waals surface area contributed by atoms with Crippen LogP contribution in [0.15, 0.2) is 36.8 Å². The van der Waals surface area contributed by atoms with Gasteiger partial charge in [-0.2, -0.15) is 0 Å². The summed E-state index contributed by atoms with van der Waals surface area (Å²) >= 11 is 0. The molecule has 0 atom stereocenters. The molecule has 0 aliphatic rings. The fourth-order valence-electron chi connectivity index (χ4n) is 2.31. The van der Waals surface area contributed by atoms with Crippen LogP contribution in [0.1, 0.15) is 11.1 Å². The predicted molar refractivity (Wildman–Crippen MR) is 90.2 cm³/mol. The van der Waals surface area contributed by atoms with E-state index in [0.717, 1.165) is 5.56 Å². The van der Waals surface area contributed by atoms with Gasteiger partial charge in [0, 0.05) is 19.7 Å². The Labute approximate surface area is 143 Å². The first kappa shape index (κ1) is 16.5. The molecule has 0 spiro atoms. The van der Waals surface area contributed by atoms with Gasteiger partial charge in [-0.1, -0.05) is 18.1 Å². The number of H-pyrrole nitrogens is 1. The Kier molecular flexibility index (Phi) is 4.90. The number of amides is 1. The summed E-state index contributed by atoms with van der Waals surface area (Å²) in [6.45, 7) is 0.179. The Hall–Kier alpha value is -3.40. The van der Waals surface area contributed by atoms with Crippen molar-refractivity contribution in [2.45, 2.75) is 13.0 Å². The quantitative estimate of drug-likeness (QED) is 0.713. The van der Waals surface area contributed by atoms with Crippen LogP contribution in [0.4, 0.5) is 4.39 Å². The van der Waals surface area contributed by atoms with Crippen molar-refractivity contribution in [3.63, 3.8) is 0 Å². The van der Waals surface area contributed by atoms with E-state index in [0.29, 0.717) is 28.9 Å². The standard InChI is InChI=1S/C18H15FN4O2/c1-20-15(24)7-3-5-13-9-21-17-16(13)18(23-11-22-17)25-10-12-4-2-6-14(19)8-12/h2,4,6,8-9,11H,5,10H2,1H3,(H,20,24)(H,21,22,23). The first-order valence-corrected chi connectivity index (χ1v) is 7.56. The lowest BCUT2D eigenvalue weighted by Gasteiger charge is -2.07. The number of aromatic nitrogens is 3. The summed E-state index contributed by atoms with van der Waals surface area (Å²) in [5.41, 5.74) is 2.13. The highest BCUT2D eigenvalue weighted by atomic mass is 19.1. The van der Waals surface area contributed by atoms with E-state index in [-0.39, 0.29) is 18.3 Å². The number of rotatable bonds is 4. The highest BCUT2D eigenvalue weighted by Gasteiger charge is 2.12. The second-order valence-electron chi connectivity index (χ2n) is 5.19. The van der Waals surface area contributed by atoms with Gasteiger partial charge in [-0.25, -0.2) is 14.4 Å². The molecular formula is C18H15FN4O2. The number of aromatic amines is 1. The van der Waals surface area contributed by atoms with Crippen molar-refractivity contribution >= 4 is 16.9 Å². The average Bonchev–Trinajstić information content (AvgIpc) is 3.04. The maximum atomic E-state index is 13.3. The van der Waals surface area contributed by atoms with E-state index < -0.39 is 0 Å². The number of carbonyl (C=O) groups excluding carboxylic acids is 1. The van der Waals surface area contributed by atoms with Crippen molar-refractivity contribution in [1.29, 1.82) is 0 Å². The maximum absolute atomic E-state index is 13.3. The Morgan fingerprint density at radius 2 is 2.28 bits per heavy atom. The first-order valence-electron chi connectivity index (χ1n) is 7.56. The zero-order valence-corrected chi connectivity index (χ0v) is 13.5. The van der Waals surface area contributed by atoms with Gasteiger partial charge in [-0.05, 0) is 29.2 Å². The summed E-state index contributed by atoms with van der Waals surface area (Å²) in [4.78, 5) is 22.5. The molecule has 2 aromatic heterocycles. The molecule has 0 bridgehead atoms. The van der Waals surface area contributed by atoms with Crippen LogP contribution in [0.3, 0.4) is 0 Å². The molecular weight excluding hydrogens is 323 g/mol. The number of halogens is 1. The van der Waals surface area contributed by atoms with Crippen LogP contribution >= 0.6 is 0 Å². The highest BCUT2D eigenvalue weighted by Crippen LogP contribution is 2.26. The van der Waals surface area contributed by atoms with Crippen molar-refractivity contribution in [2.75, 3.05) is 7.05 Å². The van der Waals surface area contributed by atoms with Crippen molar-refractivity contribution < 1.29 is 13.9 Å². The number of hydrogen-bond acceptors (Lipinski definition) is 4. The van der Waals surface area contributed by atoms with Crippen molar-refractivity contribution in [2.24, 2.45) is 0 Å². The highest BCUT2D eigenvalue weighted by molar-refractivity contribution is 5.93. The van der Waals surface area contributed by atoms with Crippen molar-refractivity contribution in [3.8, 4) is 17.7 Å². The molecule has 6 nitrogen and oxygen atoms in total. The summed E-state index contributed by atoms with van der Waals surface area (Å²) in [6.07, 6.45) is 3.49. The topological polar surface area (TPSA) is 79.9 Å². The molecule has 0 aliphatic heterocycles. The van der Waals surface area contributed by atoms with Gasteiger partial charge in [-0.3, -0.25) is 4.79 Å². The van der Waals surface area contributed by atoms with Crippen LogP contribution in [-0.4, -0.2) is 27.9 Å². The first-order chi connectivity index (χ1) is 12.2. The molecule has 0 saturated carbocycles. The minimum Gasteiger partial charge on any atom is -0.472 e. The molecule has 0 aliphatic carbocycles. The lowest BCUT2D eigenvalue weighted by molar-refractivity contribution is -0.115. The molecule has 3 rings (SSSR count). The number of fused-ring (bicyclic) bond motifs is 1. The Morgan fingerprint density at radius 1 is 1.40 bits per heavy atom. The molecule has 0 unspecified atom stereocenters. The third kappa shape index (κ3) is 3.93. The van der Waals surface area contributed by atoms with E-state index in [4.69, 9.17) is 4.74 Å². The summed E-state index contributed by atoms with van der Waals surface area (Å²) in [7, 11) is 1.52. The lowest BCUT2D eigenvalue weighted by Crippen LogP contribution is -2.14. The molecule has 0 radical (unpaired) electrons. The van der Waals surface area contributed by atoms with Gasteiger partial charge >= 0.3 is 0 Å². The van der Waals surface area contributed by atoms with E-state index in [2.05, 4.69) is 32.1 Å². The van der Waals surface area contributed by atoms with Gasteiger partial charge in [0.1, 0.15) is 24.4 Å². The minimum absolute atomic E-state index is 0.179. The van der Waals surface area contributed by atoms with Gasteiger partial charge in [0.15, 0.2) is 0 Å². The maximum Gasteiger partial charge on any atom is 0.295 e. The van der Waals surface area contributed by atoms with Crippen LogP contribution in [0, 0.1) is 17.7 Å². The SMILES string of the molecule is CNC(=O)C#CCc1c[nH]c2ncnc(OCc3cccc(F)c3)c12. The molecule has 3 aromatic rings. The Morgan fingerprint density at radius 3 is 3.08 bits per heavy atom. The number of ether oxygens (including phenoxy) is 1. The fraction of sp³-hybridized carbons (Fsp3) is 0.167. The molecule has 1 amide bonds. The van der Waals surface area contributed by atoms with E-state index in [1.807, 2.05) is 0 Å². The van der Waals surface area contributed by atoms with Crippen LogP contribution in [0.25, 0.3) is 11.0 Å². The van der Waals surface area contributed by atoms with Crippen LogP contribution in [0.2, 0.25) is 0 Å². The molecule has 25 heavy (non-hydrogen) atoms. The molecule has 2 heterocycles. The summed E-state index contributed by atoms with van der Waals surface area (Å²) in [5, 5.41) is 3.14. The second-order valence-corrected chi connectivity index (χ2v) is 5.19. The second kappa shape index (κ2) is 7.45. The monoisotopic (exact) mass is 338 g/mol. The van der Waals surface area contributed by atoms with Gasteiger partial charge < -0.3 is 15.0 Å². The van der Waals surface area contributed by atoms with E-state index in [9.17, 15) is 9.18 Å². The van der Waals surface area contributed by atoms with Crippen LogP contribution in [-0.2, 0) is 17.8 Å². The molecule has 2 N–H and O–H groups in total. The lowest BCUT2D eigenvalue weighted by atomic mass is 10.2. The summed E-state index contributed by atoms with van der Waals surface area (Å²) in [6, 6.07) is 6.18.